The van der Waals surface area contributed by atoms with Crippen LogP contribution in [0.15, 0.2) is 35.1 Å². The standard InChI is InChI=1S/C16H16N4O7/c1-3-26-10-4-5-11(13(8-10)20(24)25)17-14(21)9-27-16(23)12-6-7-15(22)19(2)18-12/h4-8H,3,9H2,1-2H3,(H,17,21). The lowest BCUT2D eigenvalue weighted by molar-refractivity contribution is -0.384. The predicted molar refractivity (Wildman–Crippen MR) is 92.7 cm³/mol. The third-order valence-electron chi connectivity index (χ3n) is 3.25. The molecule has 1 heterocycles. The normalized spacial score (nSPS) is 10.1. The van der Waals surface area contributed by atoms with Crippen LogP contribution >= 0.6 is 0 Å². The Hall–Kier alpha value is -3.76. The summed E-state index contributed by atoms with van der Waals surface area (Å²) in [5, 5.41) is 17.1. The Morgan fingerprint density at radius 2 is 2.04 bits per heavy atom. The number of rotatable bonds is 7. The molecule has 1 N–H and O–H groups in total. The summed E-state index contributed by atoms with van der Waals surface area (Å²) >= 11 is 0. The number of nitro groups is 1. The molecule has 142 valence electrons. The van der Waals surface area contributed by atoms with Crippen molar-refractivity contribution in [1.29, 1.82) is 0 Å². The van der Waals surface area contributed by atoms with Crippen molar-refractivity contribution >= 4 is 23.3 Å². The fourth-order valence-electron chi connectivity index (χ4n) is 2.03. The fourth-order valence-corrected chi connectivity index (χ4v) is 2.03. The molecule has 1 amide bonds. The van der Waals surface area contributed by atoms with Crippen molar-refractivity contribution in [1.82, 2.24) is 9.78 Å². The van der Waals surface area contributed by atoms with Crippen molar-refractivity contribution < 1.29 is 24.0 Å². The van der Waals surface area contributed by atoms with Crippen LogP contribution in [-0.4, -0.2) is 39.8 Å². The molecule has 11 heteroatoms. The zero-order chi connectivity index (χ0) is 20.0. The van der Waals surface area contributed by atoms with E-state index in [-0.39, 0.29) is 22.8 Å². The number of benzene rings is 1. The number of esters is 1. The zero-order valence-electron chi connectivity index (χ0n) is 14.5. The molecule has 0 aliphatic heterocycles. The van der Waals surface area contributed by atoms with Crippen LogP contribution in [0.2, 0.25) is 0 Å². The first-order valence-corrected chi connectivity index (χ1v) is 7.74. The number of carbonyl (C=O) groups excluding carboxylic acids is 2. The van der Waals surface area contributed by atoms with Crippen LogP contribution in [0.25, 0.3) is 0 Å². The Bertz CT molecular complexity index is 939. The van der Waals surface area contributed by atoms with E-state index in [0.29, 0.717) is 6.61 Å². The maximum atomic E-state index is 11.9. The summed E-state index contributed by atoms with van der Waals surface area (Å²) in [6.45, 7) is 1.38. The van der Waals surface area contributed by atoms with Gasteiger partial charge in [-0.25, -0.2) is 9.48 Å². The van der Waals surface area contributed by atoms with Gasteiger partial charge >= 0.3 is 5.97 Å². The van der Waals surface area contributed by atoms with E-state index < -0.39 is 29.0 Å². The van der Waals surface area contributed by atoms with E-state index in [1.807, 2.05) is 0 Å². The number of amides is 1. The molecule has 0 bridgehead atoms. The number of aryl methyl sites for hydroxylation is 1. The highest BCUT2D eigenvalue weighted by Crippen LogP contribution is 2.29. The van der Waals surface area contributed by atoms with Crippen LogP contribution in [0, 0.1) is 10.1 Å². The van der Waals surface area contributed by atoms with E-state index in [4.69, 9.17) is 9.47 Å². The van der Waals surface area contributed by atoms with Crippen LogP contribution in [0.5, 0.6) is 5.75 Å². The summed E-state index contributed by atoms with van der Waals surface area (Å²) in [4.78, 5) is 45.5. The lowest BCUT2D eigenvalue weighted by Crippen LogP contribution is -2.24. The van der Waals surface area contributed by atoms with Crippen LogP contribution in [0.4, 0.5) is 11.4 Å². The van der Waals surface area contributed by atoms with Crippen LogP contribution in [-0.2, 0) is 16.6 Å². The number of ether oxygens (including phenoxy) is 2. The van der Waals surface area contributed by atoms with E-state index in [1.54, 1.807) is 6.92 Å². The third-order valence-corrected chi connectivity index (χ3v) is 3.25. The van der Waals surface area contributed by atoms with Gasteiger partial charge in [0.2, 0.25) is 0 Å². The first kappa shape index (κ1) is 19.6. The van der Waals surface area contributed by atoms with Gasteiger partial charge in [-0.2, -0.15) is 5.10 Å². The first-order valence-electron chi connectivity index (χ1n) is 7.74. The van der Waals surface area contributed by atoms with Crippen molar-refractivity contribution in [2.75, 3.05) is 18.5 Å². The number of hydrogen-bond acceptors (Lipinski definition) is 8. The maximum absolute atomic E-state index is 11.9. The molecule has 0 atom stereocenters. The van der Waals surface area contributed by atoms with E-state index in [2.05, 4.69) is 10.4 Å². The summed E-state index contributed by atoms with van der Waals surface area (Å²) in [5.41, 5.74) is -0.992. The fraction of sp³-hybridized carbons (Fsp3) is 0.250. The number of hydrogen-bond donors (Lipinski definition) is 1. The number of nitrogens with zero attached hydrogens (tertiary/aromatic N) is 3. The monoisotopic (exact) mass is 376 g/mol. The minimum absolute atomic E-state index is 0.0651. The van der Waals surface area contributed by atoms with E-state index in [1.165, 1.54) is 31.3 Å². The Labute approximate surface area is 152 Å². The number of nitrogens with one attached hydrogen (secondary N) is 1. The zero-order valence-corrected chi connectivity index (χ0v) is 14.5. The van der Waals surface area contributed by atoms with Gasteiger partial charge in [0.1, 0.15) is 11.4 Å². The first-order chi connectivity index (χ1) is 12.8. The summed E-state index contributed by atoms with van der Waals surface area (Å²) in [6.07, 6.45) is 0. The summed E-state index contributed by atoms with van der Waals surface area (Å²) in [6, 6.07) is 6.26. The molecule has 1 aromatic heterocycles. The van der Waals surface area contributed by atoms with Crippen LogP contribution in [0.3, 0.4) is 0 Å². The Balaban J connectivity index is 2.02. The number of nitro benzene ring substituents is 1. The van der Waals surface area contributed by atoms with E-state index in [0.717, 1.165) is 10.7 Å². The molecule has 0 aliphatic carbocycles. The van der Waals surface area contributed by atoms with Gasteiger partial charge in [-0.15, -0.1) is 0 Å². The highest BCUT2D eigenvalue weighted by atomic mass is 16.6. The van der Waals surface area contributed by atoms with Crippen molar-refractivity contribution in [3.63, 3.8) is 0 Å². The second-order valence-corrected chi connectivity index (χ2v) is 5.17. The average Bonchev–Trinajstić information content (AvgIpc) is 2.63. The van der Waals surface area contributed by atoms with Gasteiger partial charge in [0.05, 0.1) is 17.6 Å². The second-order valence-electron chi connectivity index (χ2n) is 5.17. The van der Waals surface area contributed by atoms with Crippen molar-refractivity contribution in [2.24, 2.45) is 7.05 Å². The third kappa shape index (κ3) is 5.11. The van der Waals surface area contributed by atoms with Gasteiger partial charge in [-0.1, -0.05) is 0 Å². The summed E-state index contributed by atoms with van der Waals surface area (Å²) in [5.74, 6) is -1.41. The SMILES string of the molecule is CCOc1ccc(NC(=O)COC(=O)c2ccc(=O)n(C)n2)c([N+](=O)[O-])c1. The highest BCUT2D eigenvalue weighted by Gasteiger charge is 2.19. The number of aromatic nitrogens is 2. The molecule has 2 aromatic rings. The molecule has 0 radical (unpaired) electrons. The highest BCUT2D eigenvalue weighted by molar-refractivity contribution is 5.96. The molecule has 0 saturated carbocycles. The largest absolute Gasteiger partial charge is 0.494 e. The molecular weight excluding hydrogens is 360 g/mol. The topological polar surface area (TPSA) is 143 Å². The average molecular weight is 376 g/mol. The molecule has 1 aromatic carbocycles. The molecule has 0 spiro atoms. The minimum Gasteiger partial charge on any atom is -0.494 e. The van der Waals surface area contributed by atoms with Gasteiger partial charge in [-0.05, 0) is 25.1 Å². The van der Waals surface area contributed by atoms with Gasteiger partial charge in [0.15, 0.2) is 12.3 Å². The van der Waals surface area contributed by atoms with Gasteiger partial charge < -0.3 is 14.8 Å². The smallest absolute Gasteiger partial charge is 0.359 e. The Kier molecular flexibility index (Phi) is 6.20. The number of anilines is 1. The van der Waals surface area contributed by atoms with Gasteiger partial charge in [-0.3, -0.25) is 19.7 Å². The van der Waals surface area contributed by atoms with E-state index >= 15 is 0 Å². The summed E-state index contributed by atoms with van der Waals surface area (Å²) in [7, 11) is 1.36. The quantitative estimate of drug-likeness (QED) is 0.426. The van der Waals surface area contributed by atoms with Gasteiger partial charge in [0, 0.05) is 13.1 Å². The summed E-state index contributed by atoms with van der Waals surface area (Å²) < 4.78 is 10.9. The molecule has 0 aliphatic rings. The van der Waals surface area contributed by atoms with Crippen molar-refractivity contribution in [2.45, 2.75) is 6.92 Å². The second kappa shape index (κ2) is 8.56. The predicted octanol–water partition coefficient (Wildman–Crippen LogP) is 0.883. The lowest BCUT2D eigenvalue weighted by Gasteiger charge is -2.09. The molecule has 0 saturated heterocycles. The Morgan fingerprint density at radius 1 is 1.30 bits per heavy atom. The van der Waals surface area contributed by atoms with Gasteiger partial charge in [0.25, 0.3) is 17.2 Å². The maximum Gasteiger partial charge on any atom is 0.359 e. The lowest BCUT2D eigenvalue weighted by atomic mass is 10.2. The van der Waals surface area contributed by atoms with Crippen molar-refractivity contribution in [3.05, 3.63) is 56.5 Å². The number of carbonyl (C=O) groups is 2. The minimum atomic E-state index is -0.915. The van der Waals surface area contributed by atoms with Crippen LogP contribution in [0.1, 0.15) is 17.4 Å². The molecule has 0 unspecified atom stereocenters. The van der Waals surface area contributed by atoms with Crippen LogP contribution < -0.4 is 15.6 Å². The van der Waals surface area contributed by atoms with Crippen molar-refractivity contribution in [3.8, 4) is 5.75 Å². The Morgan fingerprint density at radius 3 is 2.67 bits per heavy atom. The molecule has 2 rings (SSSR count). The molecular formula is C16H16N4O7. The van der Waals surface area contributed by atoms with E-state index in [9.17, 15) is 24.5 Å². The molecule has 11 nitrogen and oxygen atoms in total. The molecule has 0 fully saturated rings. The molecule has 27 heavy (non-hydrogen) atoms.